The Bertz CT molecular complexity index is 1300. The molecule has 8 nitrogen and oxygen atoms in total. The van der Waals surface area contributed by atoms with Gasteiger partial charge in [-0.15, -0.1) is 0 Å². The first kappa shape index (κ1) is 26.0. The van der Waals surface area contributed by atoms with Crippen LogP contribution in [0.3, 0.4) is 0 Å². The van der Waals surface area contributed by atoms with Crippen molar-refractivity contribution >= 4 is 22.8 Å². The minimum atomic E-state index is 0.0792. The summed E-state index contributed by atoms with van der Waals surface area (Å²) in [5.74, 6) is 2.19. The lowest BCUT2D eigenvalue weighted by atomic mass is 9.69. The second-order valence-corrected chi connectivity index (χ2v) is 11.6. The number of fused-ring (bicyclic) bond motifs is 1. The van der Waals surface area contributed by atoms with Crippen molar-refractivity contribution < 1.29 is 9.59 Å². The molecule has 5 heterocycles. The van der Waals surface area contributed by atoms with Gasteiger partial charge in [0.1, 0.15) is 5.82 Å². The van der Waals surface area contributed by atoms with Crippen LogP contribution in [0.15, 0.2) is 48.8 Å². The van der Waals surface area contributed by atoms with E-state index in [2.05, 4.69) is 30.7 Å². The van der Waals surface area contributed by atoms with Crippen LogP contribution in [0.1, 0.15) is 61.1 Å². The maximum atomic E-state index is 13.7. The van der Waals surface area contributed by atoms with E-state index in [1.165, 1.54) is 38.8 Å². The minimum absolute atomic E-state index is 0.0792. The summed E-state index contributed by atoms with van der Waals surface area (Å²) in [5, 5.41) is 3.10. The van der Waals surface area contributed by atoms with Crippen LogP contribution in [0.2, 0.25) is 0 Å². The Labute approximate surface area is 230 Å². The van der Waals surface area contributed by atoms with Crippen molar-refractivity contribution in [1.29, 1.82) is 0 Å². The summed E-state index contributed by atoms with van der Waals surface area (Å²) in [6.45, 7) is 3.77. The number of benzene rings is 1. The Morgan fingerprint density at radius 2 is 1.92 bits per heavy atom. The largest absolute Gasteiger partial charge is 0.356 e. The standard InChI is InChI=1S/C31H40N6O2/c1-35-27-12-3-2-11-25(27)34-28(35)15-17-33-29(38)14-4-13-26-24-10-7-19-36-18-6-9-23(30(24)36)21-37(26)31(39)22-8-5-16-32-20-22/h2-3,5,8,11-12,16,20,23-24,26,30H,4,6-7,9-10,13-15,17-19,21H2,1H3,(H,33,38)/t23-,24+,26+,30-/m0/s1. The third-order valence-electron chi connectivity index (χ3n) is 9.30. The lowest BCUT2D eigenvalue weighted by Crippen LogP contribution is -2.65. The van der Waals surface area contributed by atoms with Crippen molar-refractivity contribution in [2.45, 2.75) is 63.5 Å². The number of nitrogens with zero attached hydrogens (tertiary/aromatic N) is 5. The van der Waals surface area contributed by atoms with Crippen molar-refractivity contribution in [1.82, 2.24) is 29.7 Å². The first-order valence-corrected chi connectivity index (χ1v) is 14.7. The number of aromatic nitrogens is 3. The SMILES string of the molecule is Cn1c(CCNC(=O)CCC[C@@H]2[C@H]3CCCN4CCC[C@@H](CN2C(=O)c2cccnc2)[C@@H]34)nc2ccccc21. The third-order valence-corrected chi connectivity index (χ3v) is 9.30. The predicted molar refractivity (Wildman–Crippen MR) is 151 cm³/mol. The van der Waals surface area contributed by atoms with Gasteiger partial charge in [0.25, 0.3) is 5.91 Å². The van der Waals surface area contributed by atoms with Gasteiger partial charge in [-0.1, -0.05) is 12.1 Å². The number of likely N-dealkylation sites (tertiary alicyclic amines) is 1. The number of hydrogen-bond acceptors (Lipinski definition) is 5. The molecule has 0 unspecified atom stereocenters. The molecule has 3 aliphatic heterocycles. The van der Waals surface area contributed by atoms with Gasteiger partial charge in [-0.05, 0) is 87.7 Å². The van der Waals surface area contributed by atoms with Crippen LogP contribution < -0.4 is 5.32 Å². The van der Waals surface area contributed by atoms with Gasteiger partial charge in [-0.25, -0.2) is 4.98 Å². The fourth-order valence-corrected chi connectivity index (χ4v) is 7.55. The summed E-state index contributed by atoms with van der Waals surface area (Å²) in [5.41, 5.74) is 2.77. The van der Waals surface area contributed by atoms with Gasteiger partial charge in [0, 0.05) is 57.5 Å². The molecule has 3 aromatic rings. The summed E-state index contributed by atoms with van der Waals surface area (Å²) in [4.78, 5) is 40.2. The van der Waals surface area contributed by atoms with E-state index >= 15 is 0 Å². The number of hydrogen-bond donors (Lipinski definition) is 1. The zero-order valence-corrected chi connectivity index (χ0v) is 23.0. The van der Waals surface area contributed by atoms with Gasteiger partial charge < -0.3 is 14.8 Å². The molecule has 2 amide bonds. The molecule has 39 heavy (non-hydrogen) atoms. The first-order chi connectivity index (χ1) is 19.1. The number of carbonyl (C=O) groups is 2. The monoisotopic (exact) mass is 528 g/mol. The van der Waals surface area contributed by atoms with Gasteiger partial charge in [0.05, 0.1) is 16.6 Å². The molecule has 0 spiro atoms. The van der Waals surface area contributed by atoms with Crippen molar-refractivity contribution in [3.8, 4) is 0 Å². The van der Waals surface area contributed by atoms with E-state index in [0.29, 0.717) is 42.8 Å². The van der Waals surface area contributed by atoms with Crippen molar-refractivity contribution in [2.75, 3.05) is 26.2 Å². The van der Waals surface area contributed by atoms with E-state index in [-0.39, 0.29) is 17.9 Å². The molecular weight excluding hydrogens is 488 g/mol. The normalized spacial score (nSPS) is 24.9. The predicted octanol–water partition coefficient (Wildman–Crippen LogP) is 3.81. The van der Waals surface area contributed by atoms with E-state index in [1.54, 1.807) is 12.4 Å². The second-order valence-electron chi connectivity index (χ2n) is 11.6. The summed E-state index contributed by atoms with van der Waals surface area (Å²) < 4.78 is 2.10. The molecule has 206 valence electrons. The van der Waals surface area contributed by atoms with Gasteiger partial charge >= 0.3 is 0 Å². The smallest absolute Gasteiger partial charge is 0.255 e. The number of pyridine rings is 1. The van der Waals surface area contributed by atoms with Gasteiger partial charge in [-0.3, -0.25) is 19.5 Å². The molecule has 1 N–H and O–H groups in total. The average molecular weight is 529 g/mol. The van der Waals surface area contributed by atoms with Crippen LogP contribution in [-0.2, 0) is 18.3 Å². The number of rotatable bonds is 8. The molecule has 0 radical (unpaired) electrons. The van der Waals surface area contributed by atoms with Crippen LogP contribution in [0.4, 0.5) is 0 Å². The third kappa shape index (κ3) is 5.31. The molecular formula is C31H40N6O2. The highest BCUT2D eigenvalue weighted by molar-refractivity contribution is 5.94. The van der Waals surface area contributed by atoms with Crippen LogP contribution in [-0.4, -0.2) is 74.4 Å². The van der Waals surface area contributed by atoms with E-state index in [4.69, 9.17) is 4.98 Å². The van der Waals surface area contributed by atoms with Crippen molar-refractivity contribution in [3.63, 3.8) is 0 Å². The number of amides is 2. The zero-order valence-electron chi connectivity index (χ0n) is 23.0. The van der Waals surface area contributed by atoms with Gasteiger partial charge in [-0.2, -0.15) is 0 Å². The fourth-order valence-electron chi connectivity index (χ4n) is 7.55. The molecule has 0 aliphatic carbocycles. The summed E-state index contributed by atoms with van der Waals surface area (Å²) in [7, 11) is 2.03. The second kappa shape index (κ2) is 11.5. The van der Waals surface area contributed by atoms with E-state index in [9.17, 15) is 9.59 Å². The molecule has 3 saturated heterocycles. The fraction of sp³-hybridized carbons (Fsp3) is 0.548. The average Bonchev–Trinajstić information content (AvgIpc) is 3.29. The number of imidazole rings is 1. The van der Waals surface area contributed by atoms with Crippen LogP contribution in [0.25, 0.3) is 11.0 Å². The summed E-state index contributed by atoms with van der Waals surface area (Å²) in [6.07, 6.45) is 11.0. The quantitative estimate of drug-likeness (QED) is 0.481. The Morgan fingerprint density at radius 3 is 2.74 bits per heavy atom. The Balaban J connectivity index is 1.08. The number of para-hydroxylation sites is 2. The van der Waals surface area contributed by atoms with Gasteiger partial charge in [0.2, 0.25) is 5.91 Å². The summed E-state index contributed by atoms with van der Waals surface area (Å²) >= 11 is 0. The summed E-state index contributed by atoms with van der Waals surface area (Å²) in [6, 6.07) is 12.6. The Hall–Kier alpha value is -3.26. The topological polar surface area (TPSA) is 83.4 Å². The van der Waals surface area contributed by atoms with Gasteiger partial charge in [0.15, 0.2) is 0 Å². The molecule has 2 aromatic heterocycles. The highest BCUT2D eigenvalue weighted by atomic mass is 16.2. The van der Waals surface area contributed by atoms with Crippen molar-refractivity contribution in [3.05, 3.63) is 60.2 Å². The maximum absolute atomic E-state index is 13.7. The number of piperidine rings is 3. The zero-order chi connectivity index (χ0) is 26.8. The minimum Gasteiger partial charge on any atom is -0.356 e. The van der Waals surface area contributed by atoms with Crippen LogP contribution in [0.5, 0.6) is 0 Å². The number of aryl methyl sites for hydroxylation is 1. The molecule has 1 aromatic carbocycles. The molecule has 3 aliphatic rings. The molecule has 0 saturated carbocycles. The molecule has 3 fully saturated rings. The molecule has 6 rings (SSSR count). The van der Waals surface area contributed by atoms with E-state index in [0.717, 1.165) is 36.2 Å². The Kier molecular flexibility index (Phi) is 7.64. The highest BCUT2D eigenvalue weighted by Gasteiger charge is 2.49. The van der Waals surface area contributed by atoms with Crippen molar-refractivity contribution in [2.24, 2.45) is 18.9 Å². The van der Waals surface area contributed by atoms with Crippen LogP contribution >= 0.6 is 0 Å². The number of carbonyl (C=O) groups excluding carboxylic acids is 2. The highest BCUT2D eigenvalue weighted by Crippen LogP contribution is 2.43. The first-order valence-electron chi connectivity index (χ1n) is 14.7. The molecule has 8 heteroatoms. The lowest BCUT2D eigenvalue weighted by molar-refractivity contribution is -0.121. The number of nitrogens with one attached hydrogen (secondary N) is 1. The Morgan fingerprint density at radius 1 is 1.08 bits per heavy atom. The van der Waals surface area contributed by atoms with E-state index < -0.39 is 0 Å². The van der Waals surface area contributed by atoms with E-state index in [1.807, 2.05) is 37.4 Å². The molecule has 0 bridgehead atoms. The van der Waals surface area contributed by atoms with Crippen LogP contribution in [0, 0.1) is 11.8 Å². The maximum Gasteiger partial charge on any atom is 0.255 e. The lowest BCUT2D eigenvalue weighted by Gasteiger charge is -2.57. The molecule has 4 atom stereocenters.